The summed E-state index contributed by atoms with van der Waals surface area (Å²) in [6.07, 6.45) is 1.47. The predicted molar refractivity (Wildman–Crippen MR) is 71.3 cm³/mol. The van der Waals surface area contributed by atoms with Crippen molar-refractivity contribution < 1.29 is 22.8 Å². The molecule has 0 aliphatic heterocycles. The Morgan fingerprint density at radius 2 is 2.19 bits per heavy atom. The van der Waals surface area contributed by atoms with Gasteiger partial charge in [0.2, 0.25) is 15.9 Å². The van der Waals surface area contributed by atoms with E-state index in [4.69, 9.17) is 9.63 Å². The number of carbonyl (C=O) groups is 1. The second-order valence-electron chi connectivity index (χ2n) is 4.27. The third-order valence-corrected chi connectivity index (χ3v) is 4.37. The molecule has 0 bridgehead atoms. The molecule has 2 aromatic rings. The van der Waals surface area contributed by atoms with Gasteiger partial charge in [-0.05, 0) is 24.6 Å². The van der Waals surface area contributed by atoms with Gasteiger partial charge in [-0.2, -0.15) is 4.98 Å². The van der Waals surface area contributed by atoms with Crippen LogP contribution in [-0.2, 0) is 16.4 Å². The molecule has 2 N–H and O–H groups in total. The van der Waals surface area contributed by atoms with E-state index in [-0.39, 0.29) is 23.4 Å². The number of carboxylic acid groups (broad SMARTS) is 1. The monoisotopic (exact) mass is 311 g/mol. The van der Waals surface area contributed by atoms with Crippen LogP contribution in [0.2, 0.25) is 0 Å². The minimum atomic E-state index is -3.80. The molecule has 1 aromatic carbocycles. The quantitative estimate of drug-likeness (QED) is 0.800. The predicted octanol–water partition coefficient (Wildman–Crippen LogP) is 0.597. The van der Waals surface area contributed by atoms with Crippen molar-refractivity contribution in [2.24, 2.45) is 0 Å². The number of sulfonamides is 1. The van der Waals surface area contributed by atoms with Crippen molar-refractivity contribution in [3.8, 4) is 0 Å². The summed E-state index contributed by atoms with van der Waals surface area (Å²) in [5.41, 5.74) is 0.378. The third kappa shape index (κ3) is 3.64. The topological polar surface area (TPSA) is 122 Å². The van der Waals surface area contributed by atoms with Gasteiger partial charge in [0.05, 0.1) is 10.5 Å². The molecular weight excluding hydrogens is 298 g/mol. The molecule has 1 heterocycles. The standard InChI is InChI=1S/C12H13N3O5S/c1-8-2-3-9(12(16)17)6-10(8)21(18,19)15-5-4-11-13-7-14-20-11/h2-3,6-7,15H,4-5H2,1H3,(H,16,17). The molecule has 0 fully saturated rings. The Hall–Kier alpha value is -2.26. The van der Waals surface area contributed by atoms with E-state index in [2.05, 4.69) is 14.9 Å². The van der Waals surface area contributed by atoms with Crippen molar-refractivity contribution in [3.63, 3.8) is 0 Å². The Labute approximate surface area is 120 Å². The van der Waals surface area contributed by atoms with Crippen LogP contribution in [0.4, 0.5) is 0 Å². The second kappa shape index (κ2) is 6.02. The van der Waals surface area contributed by atoms with E-state index in [1.807, 2.05) is 0 Å². The summed E-state index contributed by atoms with van der Waals surface area (Å²) in [6, 6.07) is 3.94. The number of rotatable bonds is 6. The summed E-state index contributed by atoms with van der Waals surface area (Å²) in [5, 5.41) is 12.3. The summed E-state index contributed by atoms with van der Waals surface area (Å²) in [6.45, 7) is 1.67. The molecule has 0 saturated heterocycles. The Balaban J connectivity index is 2.15. The number of benzene rings is 1. The molecule has 0 amide bonds. The van der Waals surface area contributed by atoms with Crippen molar-refractivity contribution in [3.05, 3.63) is 41.5 Å². The highest BCUT2D eigenvalue weighted by Crippen LogP contribution is 2.17. The number of nitrogens with one attached hydrogen (secondary N) is 1. The van der Waals surface area contributed by atoms with Gasteiger partial charge in [0.15, 0.2) is 6.33 Å². The van der Waals surface area contributed by atoms with Gasteiger partial charge in [0, 0.05) is 13.0 Å². The number of aromatic nitrogens is 2. The zero-order chi connectivity index (χ0) is 15.5. The molecule has 0 unspecified atom stereocenters. The Morgan fingerprint density at radius 3 is 2.81 bits per heavy atom. The maximum Gasteiger partial charge on any atom is 0.335 e. The number of carboxylic acids is 1. The van der Waals surface area contributed by atoms with E-state index in [0.717, 1.165) is 6.07 Å². The lowest BCUT2D eigenvalue weighted by atomic mass is 10.1. The first-order valence-electron chi connectivity index (χ1n) is 5.99. The number of hydrogen-bond donors (Lipinski definition) is 2. The first kappa shape index (κ1) is 15.1. The van der Waals surface area contributed by atoms with Crippen LogP contribution in [0.3, 0.4) is 0 Å². The summed E-state index contributed by atoms with van der Waals surface area (Å²) in [7, 11) is -3.80. The number of aromatic carboxylic acids is 1. The minimum Gasteiger partial charge on any atom is -0.478 e. The molecule has 9 heteroatoms. The third-order valence-electron chi connectivity index (χ3n) is 2.76. The average Bonchev–Trinajstić information content (AvgIpc) is 2.91. The smallest absolute Gasteiger partial charge is 0.335 e. The normalized spacial score (nSPS) is 11.5. The van der Waals surface area contributed by atoms with Crippen molar-refractivity contribution in [2.45, 2.75) is 18.2 Å². The van der Waals surface area contributed by atoms with E-state index in [1.54, 1.807) is 6.92 Å². The molecule has 1 aromatic heterocycles. The van der Waals surface area contributed by atoms with Crippen LogP contribution in [0.15, 0.2) is 33.9 Å². The van der Waals surface area contributed by atoms with Gasteiger partial charge in [-0.3, -0.25) is 0 Å². The Morgan fingerprint density at radius 1 is 1.43 bits per heavy atom. The Kier molecular flexibility index (Phi) is 4.34. The van der Waals surface area contributed by atoms with Gasteiger partial charge in [-0.15, -0.1) is 0 Å². The molecular formula is C12H13N3O5S. The fraction of sp³-hybridized carbons (Fsp3) is 0.250. The Bertz CT molecular complexity index is 740. The maximum atomic E-state index is 12.2. The summed E-state index contributed by atoms with van der Waals surface area (Å²) in [5.74, 6) is -0.869. The molecule has 0 radical (unpaired) electrons. The van der Waals surface area contributed by atoms with Crippen molar-refractivity contribution in [1.82, 2.24) is 14.9 Å². The average molecular weight is 311 g/mol. The SMILES string of the molecule is Cc1ccc(C(=O)O)cc1S(=O)(=O)NCCc1ncno1. The van der Waals surface area contributed by atoms with Gasteiger partial charge in [-0.1, -0.05) is 11.2 Å². The van der Waals surface area contributed by atoms with E-state index in [1.165, 1.54) is 18.5 Å². The van der Waals surface area contributed by atoms with Gasteiger partial charge in [0.1, 0.15) is 0 Å². The molecule has 0 atom stereocenters. The van der Waals surface area contributed by atoms with Gasteiger partial charge < -0.3 is 9.63 Å². The number of nitrogens with zero attached hydrogens (tertiary/aromatic N) is 2. The minimum absolute atomic E-state index is 0.0621. The van der Waals surface area contributed by atoms with Crippen molar-refractivity contribution in [2.75, 3.05) is 6.54 Å². The molecule has 2 rings (SSSR count). The molecule has 0 aliphatic carbocycles. The lowest BCUT2D eigenvalue weighted by Crippen LogP contribution is -2.27. The largest absolute Gasteiger partial charge is 0.478 e. The highest BCUT2D eigenvalue weighted by atomic mass is 32.2. The number of hydrogen-bond acceptors (Lipinski definition) is 6. The van der Waals surface area contributed by atoms with E-state index >= 15 is 0 Å². The molecule has 8 nitrogen and oxygen atoms in total. The van der Waals surface area contributed by atoms with Gasteiger partial charge >= 0.3 is 5.97 Å². The van der Waals surface area contributed by atoms with Crippen molar-refractivity contribution in [1.29, 1.82) is 0 Å². The highest BCUT2D eigenvalue weighted by molar-refractivity contribution is 7.89. The molecule has 0 saturated carbocycles. The van der Waals surface area contributed by atoms with E-state index in [9.17, 15) is 13.2 Å². The van der Waals surface area contributed by atoms with Gasteiger partial charge in [-0.25, -0.2) is 17.9 Å². The van der Waals surface area contributed by atoms with Crippen LogP contribution in [0.1, 0.15) is 21.8 Å². The number of aryl methyl sites for hydroxylation is 1. The zero-order valence-corrected chi connectivity index (χ0v) is 11.9. The summed E-state index contributed by atoms with van der Waals surface area (Å²) in [4.78, 5) is 14.6. The molecule has 112 valence electrons. The van der Waals surface area contributed by atoms with Crippen molar-refractivity contribution >= 4 is 16.0 Å². The second-order valence-corrected chi connectivity index (χ2v) is 6.00. The first-order chi connectivity index (χ1) is 9.90. The first-order valence-corrected chi connectivity index (χ1v) is 7.47. The van der Waals surface area contributed by atoms with Crippen LogP contribution < -0.4 is 4.72 Å². The van der Waals surface area contributed by atoms with Crippen LogP contribution in [-0.4, -0.2) is 36.2 Å². The summed E-state index contributed by atoms with van der Waals surface area (Å²) >= 11 is 0. The lowest BCUT2D eigenvalue weighted by Gasteiger charge is -2.09. The molecule has 21 heavy (non-hydrogen) atoms. The maximum absolute atomic E-state index is 12.2. The summed E-state index contributed by atoms with van der Waals surface area (Å²) < 4.78 is 31.5. The van der Waals surface area contributed by atoms with Gasteiger partial charge in [0.25, 0.3) is 0 Å². The van der Waals surface area contributed by atoms with Crippen LogP contribution >= 0.6 is 0 Å². The zero-order valence-electron chi connectivity index (χ0n) is 11.1. The molecule has 0 spiro atoms. The van der Waals surface area contributed by atoms with Crippen LogP contribution in [0.25, 0.3) is 0 Å². The lowest BCUT2D eigenvalue weighted by molar-refractivity contribution is 0.0696. The van der Waals surface area contributed by atoms with Crippen LogP contribution in [0.5, 0.6) is 0 Å². The van der Waals surface area contributed by atoms with E-state index in [0.29, 0.717) is 11.5 Å². The fourth-order valence-corrected chi connectivity index (χ4v) is 3.00. The van der Waals surface area contributed by atoms with Crippen LogP contribution in [0, 0.1) is 6.92 Å². The molecule has 0 aliphatic rings. The van der Waals surface area contributed by atoms with E-state index < -0.39 is 16.0 Å². The fourth-order valence-electron chi connectivity index (χ4n) is 1.70. The highest BCUT2D eigenvalue weighted by Gasteiger charge is 2.18.